The zero-order valence-electron chi connectivity index (χ0n) is 11.2. The van der Waals surface area contributed by atoms with Gasteiger partial charge in [0.05, 0.1) is 0 Å². The standard InChI is InChI=1S/C15H22ClN/c1-11-9-15(11,10-17-14(2,3)4)12-6-5-7-13(16)8-12/h5-8,11,17H,9-10H2,1-4H3. The number of benzene rings is 1. The fraction of sp³-hybridized carbons (Fsp3) is 0.600. The van der Waals surface area contributed by atoms with Crippen molar-refractivity contribution in [2.45, 2.75) is 45.1 Å². The van der Waals surface area contributed by atoms with Crippen molar-refractivity contribution < 1.29 is 0 Å². The van der Waals surface area contributed by atoms with Crippen LogP contribution in [0.25, 0.3) is 0 Å². The predicted octanol–water partition coefficient (Wildman–Crippen LogP) is 4.01. The van der Waals surface area contributed by atoms with E-state index < -0.39 is 0 Å². The van der Waals surface area contributed by atoms with Gasteiger partial charge in [-0.15, -0.1) is 0 Å². The molecule has 1 aliphatic rings. The van der Waals surface area contributed by atoms with Gasteiger partial charge in [-0.2, -0.15) is 0 Å². The van der Waals surface area contributed by atoms with E-state index in [1.165, 1.54) is 12.0 Å². The van der Waals surface area contributed by atoms with Gasteiger partial charge in [-0.05, 0) is 50.8 Å². The fourth-order valence-electron chi connectivity index (χ4n) is 2.46. The van der Waals surface area contributed by atoms with Crippen molar-refractivity contribution in [1.82, 2.24) is 5.32 Å². The second kappa shape index (κ2) is 4.29. The van der Waals surface area contributed by atoms with Crippen LogP contribution in [0.5, 0.6) is 0 Å². The summed E-state index contributed by atoms with van der Waals surface area (Å²) in [5, 5.41) is 4.47. The molecule has 17 heavy (non-hydrogen) atoms. The van der Waals surface area contributed by atoms with Crippen molar-refractivity contribution in [2.75, 3.05) is 6.54 Å². The lowest BCUT2D eigenvalue weighted by Gasteiger charge is -2.26. The molecule has 1 N–H and O–H groups in total. The minimum Gasteiger partial charge on any atom is -0.311 e. The zero-order chi connectivity index (χ0) is 12.7. The van der Waals surface area contributed by atoms with E-state index in [0.29, 0.717) is 5.41 Å². The molecule has 1 nitrogen and oxygen atoms in total. The lowest BCUT2D eigenvalue weighted by Crippen LogP contribution is -2.41. The number of nitrogens with one attached hydrogen (secondary N) is 1. The summed E-state index contributed by atoms with van der Waals surface area (Å²) < 4.78 is 0. The molecule has 2 unspecified atom stereocenters. The first kappa shape index (κ1) is 12.9. The molecule has 0 heterocycles. The van der Waals surface area contributed by atoms with Crippen LogP contribution in [-0.2, 0) is 5.41 Å². The summed E-state index contributed by atoms with van der Waals surface area (Å²) in [5.41, 5.74) is 1.86. The second-order valence-electron chi connectivity index (χ2n) is 6.38. The van der Waals surface area contributed by atoms with E-state index >= 15 is 0 Å². The molecule has 2 heteroatoms. The predicted molar refractivity (Wildman–Crippen MR) is 74.7 cm³/mol. The molecule has 0 saturated heterocycles. The summed E-state index contributed by atoms with van der Waals surface area (Å²) in [7, 11) is 0. The average molecular weight is 252 g/mol. The van der Waals surface area contributed by atoms with Crippen molar-refractivity contribution in [3.8, 4) is 0 Å². The fourth-order valence-corrected chi connectivity index (χ4v) is 2.65. The normalized spacial score (nSPS) is 28.2. The highest BCUT2D eigenvalue weighted by atomic mass is 35.5. The first-order chi connectivity index (χ1) is 7.83. The molecule has 2 atom stereocenters. The van der Waals surface area contributed by atoms with E-state index in [-0.39, 0.29) is 5.54 Å². The summed E-state index contributed by atoms with van der Waals surface area (Å²) in [4.78, 5) is 0. The molecule has 0 radical (unpaired) electrons. The van der Waals surface area contributed by atoms with Gasteiger partial charge >= 0.3 is 0 Å². The Balaban J connectivity index is 2.16. The number of hydrogen-bond donors (Lipinski definition) is 1. The van der Waals surface area contributed by atoms with Gasteiger partial charge in [0.2, 0.25) is 0 Å². The molecule has 1 aliphatic carbocycles. The Labute approximate surface area is 110 Å². The molecular formula is C15H22ClN. The smallest absolute Gasteiger partial charge is 0.0408 e. The van der Waals surface area contributed by atoms with Crippen LogP contribution in [0.15, 0.2) is 24.3 Å². The number of rotatable bonds is 3. The van der Waals surface area contributed by atoms with Crippen LogP contribution in [0.1, 0.15) is 39.7 Å². The maximum absolute atomic E-state index is 6.10. The molecular weight excluding hydrogens is 230 g/mol. The summed E-state index contributed by atoms with van der Waals surface area (Å²) in [5.74, 6) is 0.746. The maximum Gasteiger partial charge on any atom is 0.0408 e. The molecule has 1 fully saturated rings. The van der Waals surface area contributed by atoms with Crippen LogP contribution in [-0.4, -0.2) is 12.1 Å². The van der Waals surface area contributed by atoms with Crippen LogP contribution >= 0.6 is 11.6 Å². The highest BCUT2D eigenvalue weighted by molar-refractivity contribution is 6.30. The molecule has 1 aromatic carbocycles. The van der Waals surface area contributed by atoms with E-state index in [0.717, 1.165) is 17.5 Å². The van der Waals surface area contributed by atoms with Crippen molar-refractivity contribution in [3.63, 3.8) is 0 Å². The molecule has 1 saturated carbocycles. The topological polar surface area (TPSA) is 12.0 Å². The minimum absolute atomic E-state index is 0.174. The summed E-state index contributed by atoms with van der Waals surface area (Å²) in [6, 6.07) is 8.33. The van der Waals surface area contributed by atoms with E-state index in [9.17, 15) is 0 Å². The third-order valence-electron chi connectivity index (χ3n) is 3.79. The van der Waals surface area contributed by atoms with Crippen molar-refractivity contribution in [2.24, 2.45) is 5.92 Å². The van der Waals surface area contributed by atoms with Gasteiger partial charge in [-0.1, -0.05) is 30.7 Å². The van der Waals surface area contributed by atoms with E-state index in [1.807, 2.05) is 6.07 Å². The SMILES string of the molecule is CC1CC1(CNC(C)(C)C)c1cccc(Cl)c1. The average Bonchev–Trinajstić information content (AvgIpc) is 2.87. The van der Waals surface area contributed by atoms with Gasteiger partial charge in [-0.3, -0.25) is 0 Å². The van der Waals surface area contributed by atoms with Gasteiger partial charge < -0.3 is 5.32 Å². The third-order valence-corrected chi connectivity index (χ3v) is 4.02. The Hall–Kier alpha value is -0.530. The quantitative estimate of drug-likeness (QED) is 0.856. The third kappa shape index (κ3) is 2.83. The van der Waals surface area contributed by atoms with Gasteiger partial charge in [0.25, 0.3) is 0 Å². The molecule has 94 valence electrons. The lowest BCUT2D eigenvalue weighted by atomic mass is 9.92. The van der Waals surface area contributed by atoms with Crippen molar-refractivity contribution >= 4 is 11.6 Å². The molecule has 0 aliphatic heterocycles. The molecule has 0 aromatic heterocycles. The first-order valence-electron chi connectivity index (χ1n) is 6.35. The maximum atomic E-state index is 6.10. The summed E-state index contributed by atoms with van der Waals surface area (Å²) in [6.45, 7) is 10.0. The Bertz CT molecular complexity index is 408. The van der Waals surface area contributed by atoms with E-state index in [1.54, 1.807) is 0 Å². The highest BCUT2D eigenvalue weighted by Crippen LogP contribution is 2.54. The molecule has 0 amide bonds. The van der Waals surface area contributed by atoms with Gasteiger partial charge in [0, 0.05) is 22.5 Å². The van der Waals surface area contributed by atoms with E-state index in [2.05, 4.69) is 51.2 Å². The van der Waals surface area contributed by atoms with Crippen LogP contribution in [0.2, 0.25) is 5.02 Å². The zero-order valence-corrected chi connectivity index (χ0v) is 11.9. The monoisotopic (exact) mass is 251 g/mol. The second-order valence-corrected chi connectivity index (χ2v) is 6.81. The van der Waals surface area contributed by atoms with Crippen LogP contribution < -0.4 is 5.32 Å². The largest absolute Gasteiger partial charge is 0.311 e. The Morgan fingerprint density at radius 2 is 2.06 bits per heavy atom. The summed E-state index contributed by atoms with van der Waals surface area (Å²) >= 11 is 6.10. The van der Waals surface area contributed by atoms with Crippen LogP contribution in [0.4, 0.5) is 0 Å². The number of halogens is 1. The van der Waals surface area contributed by atoms with Crippen molar-refractivity contribution in [3.05, 3.63) is 34.9 Å². The van der Waals surface area contributed by atoms with E-state index in [4.69, 9.17) is 11.6 Å². The Kier molecular flexibility index (Phi) is 3.26. The van der Waals surface area contributed by atoms with Gasteiger partial charge in [0.15, 0.2) is 0 Å². The summed E-state index contributed by atoms with van der Waals surface area (Å²) in [6.07, 6.45) is 1.26. The van der Waals surface area contributed by atoms with Crippen LogP contribution in [0, 0.1) is 5.92 Å². The van der Waals surface area contributed by atoms with Gasteiger partial charge in [-0.25, -0.2) is 0 Å². The molecule has 2 rings (SSSR count). The van der Waals surface area contributed by atoms with Gasteiger partial charge in [0.1, 0.15) is 0 Å². The Morgan fingerprint density at radius 1 is 1.41 bits per heavy atom. The Morgan fingerprint density at radius 3 is 2.53 bits per heavy atom. The lowest BCUT2D eigenvalue weighted by molar-refractivity contribution is 0.392. The highest BCUT2D eigenvalue weighted by Gasteiger charge is 2.52. The number of hydrogen-bond acceptors (Lipinski definition) is 1. The molecule has 0 spiro atoms. The van der Waals surface area contributed by atoms with Crippen molar-refractivity contribution in [1.29, 1.82) is 0 Å². The first-order valence-corrected chi connectivity index (χ1v) is 6.72. The minimum atomic E-state index is 0.174. The molecule has 0 bridgehead atoms. The molecule has 1 aromatic rings. The van der Waals surface area contributed by atoms with Crippen LogP contribution in [0.3, 0.4) is 0 Å².